The number of aryl methyl sites for hydroxylation is 1. The molecule has 4 N–H and O–H groups in total. The highest BCUT2D eigenvalue weighted by Crippen LogP contribution is 2.19. The van der Waals surface area contributed by atoms with Crippen molar-refractivity contribution >= 4 is 80.8 Å². The minimum absolute atomic E-state index is 0. The normalized spacial score (nSPS) is 17.9. The lowest BCUT2D eigenvalue weighted by atomic mass is 10.1. The molecule has 8 heterocycles. The first-order valence-electron chi connectivity index (χ1n) is 20.4. The van der Waals surface area contributed by atoms with Gasteiger partial charge in [0.1, 0.15) is 7.05 Å². The van der Waals surface area contributed by atoms with Gasteiger partial charge in [-0.15, -0.1) is 0 Å². The third kappa shape index (κ3) is 21.9. The number of likely N-dealkylation sites (N-methyl/N-ethyl adjacent to an activating group) is 4. The lowest BCUT2D eigenvalue weighted by Crippen LogP contribution is -3.00. The van der Waals surface area contributed by atoms with E-state index in [4.69, 9.17) is 11.5 Å². The summed E-state index contributed by atoms with van der Waals surface area (Å²) in [5.74, 6) is 0. The quantitative estimate of drug-likeness (QED) is 0.219. The van der Waals surface area contributed by atoms with E-state index in [1.54, 1.807) is 45.9 Å². The molecule has 8 rings (SSSR count). The van der Waals surface area contributed by atoms with E-state index in [0.29, 0.717) is 11.4 Å². The van der Waals surface area contributed by atoms with Crippen LogP contribution in [0.25, 0.3) is 5.70 Å². The predicted octanol–water partition coefficient (Wildman–Crippen LogP) is 4.63. The zero-order chi connectivity index (χ0) is 44.7. The molecule has 1 saturated heterocycles. The Morgan fingerprint density at radius 2 is 1.24 bits per heavy atom. The van der Waals surface area contributed by atoms with Crippen LogP contribution in [0.4, 0.5) is 11.4 Å². The third-order valence-electron chi connectivity index (χ3n) is 9.73. The van der Waals surface area contributed by atoms with Gasteiger partial charge in [0.05, 0.1) is 15.8 Å². The Hall–Kier alpha value is -2.49. The fraction of sp³-hybridized carbons (Fsp3) is 0.422. The average molecular weight is 1220 g/mol. The maximum atomic E-state index is 11.8. The molecule has 4 aliphatic rings. The summed E-state index contributed by atoms with van der Waals surface area (Å²) in [7, 11) is 10.4. The van der Waals surface area contributed by atoms with Crippen LogP contribution < -0.4 is 51.1 Å². The fourth-order valence-corrected chi connectivity index (χ4v) is 8.60. The van der Waals surface area contributed by atoms with E-state index in [9.17, 15) is 9.59 Å². The molecule has 1 unspecified atom stereocenters. The number of rotatable bonds is 2. The number of aromatic nitrogens is 4. The van der Waals surface area contributed by atoms with E-state index >= 15 is 0 Å². The number of likely N-dealkylation sites (tertiary alicyclic amines) is 1. The van der Waals surface area contributed by atoms with E-state index < -0.39 is 0 Å². The van der Waals surface area contributed by atoms with E-state index in [0.717, 1.165) is 73.2 Å². The number of pyridine rings is 4. The number of hydrogen-bond donors (Lipinski definition) is 2. The largest absolute Gasteiger partial charge is 1.00 e. The summed E-state index contributed by atoms with van der Waals surface area (Å²) in [6.45, 7) is 8.46. The second kappa shape index (κ2) is 30.6. The molecule has 0 spiro atoms. The van der Waals surface area contributed by atoms with Crippen LogP contribution >= 0.6 is 63.7 Å². The van der Waals surface area contributed by atoms with Crippen molar-refractivity contribution in [3.8, 4) is 0 Å². The molecule has 17 heteroatoms. The molecule has 12 nitrogen and oxygen atoms in total. The lowest BCUT2D eigenvalue weighted by Gasteiger charge is -2.30. The van der Waals surface area contributed by atoms with Gasteiger partial charge in [-0.25, -0.2) is 4.57 Å². The number of nitrogens with zero attached hydrogens (tertiary/aromatic N) is 8. The monoisotopic (exact) mass is 1220 g/mol. The standard InChI is InChI=1S/C11H17N3O.C11H15N3O.2C6H10BrN.C6H7BrN.C5H4BrN.HI/c2*1-13-6-2-4-9(8-13)14-7-3-5-10(12)11(14)15;3*1-8-4-2-3-6(7)5-8;6-5-2-1-3-7-4-5;/h3,5,7,9H,2,4,6,8,12H2,1H3;3-5,7H,2,6,8,12H2,1H3;2*3H,2,4-5H2,1H3;2-5H,1H3;1-4H;1H/q;;;;+1;;/p-1. The van der Waals surface area contributed by atoms with Crippen LogP contribution in [-0.2, 0) is 7.05 Å². The molecule has 340 valence electrons. The SMILES string of the molecule is Brc1cccnc1.CN1CCC=C(Br)C1.CN1CCC=C(Br)C1.CN1CCC=C(n2cccc(N)c2=O)C1.CN1CCCC(n2cccc(N)c2=O)C1.C[n+]1cccc(Br)c1.[I-]. The summed E-state index contributed by atoms with van der Waals surface area (Å²) in [6, 6.07) is 15.0. The third-order valence-corrected chi connectivity index (χ3v) is 11.8. The molecule has 0 saturated carbocycles. The molecule has 1 fully saturated rings. The summed E-state index contributed by atoms with van der Waals surface area (Å²) < 4.78 is 10.2. The summed E-state index contributed by atoms with van der Waals surface area (Å²) in [6.07, 6.45) is 23.2. The number of hydrogen-bond acceptors (Lipinski definition) is 9. The first-order valence-corrected chi connectivity index (χ1v) is 23.5. The molecule has 4 aliphatic heterocycles. The zero-order valence-corrected chi connectivity index (χ0v) is 45.0. The number of halogens is 5. The highest BCUT2D eigenvalue weighted by Gasteiger charge is 2.19. The van der Waals surface area contributed by atoms with Crippen LogP contribution in [0.2, 0.25) is 0 Å². The first kappa shape index (κ1) is 55.6. The van der Waals surface area contributed by atoms with Crippen molar-refractivity contribution in [3.05, 3.63) is 143 Å². The predicted molar refractivity (Wildman–Crippen MR) is 268 cm³/mol. The van der Waals surface area contributed by atoms with Crippen LogP contribution in [0.1, 0.15) is 38.1 Å². The lowest BCUT2D eigenvalue weighted by molar-refractivity contribution is -0.672. The van der Waals surface area contributed by atoms with Gasteiger partial charge >= 0.3 is 0 Å². The smallest absolute Gasteiger partial charge is 0.277 e. The van der Waals surface area contributed by atoms with Crippen molar-refractivity contribution in [1.29, 1.82) is 0 Å². The summed E-state index contributed by atoms with van der Waals surface area (Å²) >= 11 is 13.5. The molecule has 0 amide bonds. The Kier molecular flexibility index (Phi) is 27.5. The summed E-state index contributed by atoms with van der Waals surface area (Å²) in [5.41, 5.74) is 12.7. The van der Waals surface area contributed by atoms with Crippen molar-refractivity contribution < 1.29 is 28.5 Å². The fourth-order valence-electron chi connectivity index (χ4n) is 6.54. The minimum Gasteiger partial charge on any atom is -1.00 e. The number of nitrogens with two attached hydrogens (primary N) is 2. The summed E-state index contributed by atoms with van der Waals surface area (Å²) in [4.78, 5) is 36.4. The van der Waals surface area contributed by atoms with Crippen molar-refractivity contribution in [2.75, 3.05) is 92.0 Å². The molecule has 4 aromatic heterocycles. The number of piperidine rings is 1. The maximum absolute atomic E-state index is 11.8. The molecule has 0 aliphatic carbocycles. The van der Waals surface area contributed by atoms with Gasteiger partial charge in [0.15, 0.2) is 12.4 Å². The van der Waals surface area contributed by atoms with Gasteiger partial charge in [-0.2, -0.15) is 0 Å². The van der Waals surface area contributed by atoms with Crippen LogP contribution in [0.15, 0.2) is 131 Å². The Morgan fingerprint density at radius 1 is 0.677 bits per heavy atom. The van der Waals surface area contributed by atoms with Crippen LogP contribution in [0.5, 0.6) is 0 Å². The van der Waals surface area contributed by atoms with E-state index in [2.05, 4.69) is 128 Å². The number of anilines is 2. The molecular weight excluding hydrogens is 1160 g/mol. The van der Waals surface area contributed by atoms with Gasteiger partial charge in [-0.05, 0) is 141 Å². The van der Waals surface area contributed by atoms with Gasteiger partial charge in [0.25, 0.3) is 11.1 Å². The zero-order valence-electron chi connectivity index (χ0n) is 36.5. The highest BCUT2D eigenvalue weighted by molar-refractivity contribution is 9.12. The molecular formula is C45H63Br4IN10O2. The maximum Gasteiger partial charge on any atom is 0.277 e. The Balaban J connectivity index is 0.000000263. The van der Waals surface area contributed by atoms with Gasteiger partial charge in [0, 0.05) is 102 Å². The van der Waals surface area contributed by atoms with Crippen molar-refractivity contribution in [3.63, 3.8) is 0 Å². The molecule has 1 atom stereocenters. The van der Waals surface area contributed by atoms with Crippen molar-refractivity contribution in [2.24, 2.45) is 7.05 Å². The topological polar surface area (TPSA) is 126 Å². The molecule has 0 aromatic carbocycles. The minimum atomic E-state index is -0.126. The number of nitrogen functional groups attached to an aromatic ring is 2. The van der Waals surface area contributed by atoms with Crippen LogP contribution in [-0.4, -0.2) is 114 Å². The van der Waals surface area contributed by atoms with Gasteiger partial charge in [-0.3, -0.25) is 19.1 Å². The Bertz CT molecular complexity index is 2090. The van der Waals surface area contributed by atoms with Gasteiger partial charge < -0.3 is 59.6 Å². The second-order valence-corrected chi connectivity index (χ2v) is 19.2. The van der Waals surface area contributed by atoms with Crippen molar-refractivity contribution in [2.45, 2.75) is 38.1 Å². The van der Waals surface area contributed by atoms with Crippen molar-refractivity contribution in [1.82, 2.24) is 33.7 Å². The van der Waals surface area contributed by atoms with Gasteiger partial charge in [-0.1, -0.05) is 50.1 Å². The van der Waals surface area contributed by atoms with E-state index in [-0.39, 0.29) is 41.1 Å². The Labute approximate surface area is 419 Å². The van der Waals surface area contributed by atoms with E-state index in [1.807, 2.05) is 67.6 Å². The highest BCUT2D eigenvalue weighted by atomic mass is 127. The van der Waals surface area contributed by atoms with Crippen LogP contribution in [0.3, 0.4) is 0 Å². The van der Waals surface area contributed by atoms with Crippen LogP contribution in [0, 0.1) is 0 Å². The second-order valence-electron chi connectivity index (χ2n) is 15.3. The molecule has 62 heavy (non-hydrogen) atoms. The Morgan fingerprint density at radius 3 is 1.69 bits per heavy atom. The summed E-state index contributed by atoms with van der Waals surface area (Å²) in [5, 5.41) is 0. The first-order chi connectivity index (χ1) is 29.1. The van der Waals surface area contributed by atoms with Gasteiger partial charge in [0.2, 0.25) is 0 Å². The average Bonchev–Trinajstić information content (AvgIpc) is 3.21. The molecule has 0 radical (unpaired) electrons. The molecule has 4 aromatic rings. The van der Waals surface area contributed by atoms with E-state index in [1.165, 1.54) is 34.9 Å². The molecule has 0 bridgehead atoms.